The SMILES string of the molecule is CC1OCCC1SCc1ccc(C#CCCO)cc1. The van der Waals surface area contributed by atoms with Crippen molar-refractivity contribution in [2.45, 2.75) is 36.9 Å². The second-order valence-corrected chi connectivity index (χ2v) is 5.91. The quantitative estimate of drug-likeness (QED) is 0.858. The van der Waals surface area contributed by atoms with E-state index < -0.39 is 0 Å². The van der Waals surface area contributed by atoms with Crippen LogP contribution in [0, 0.1) is 11.8 Å². The zero-order valence-electron chi connectivity index (χ0n) is 11.3. The molecule has 2 nitrogen and oxygen atoms in total. The molecule has 0 aliphatic carbocycles. The van der Waals surface area contributed by atoms with E-state index in [1.807, 2.05) is 11.8 Å². The Bertz CT molecular complexity index is 444. The second kappa shape index (κ2) is 7.59. The number of rotatable bonds is 4. The third-order valence-electron chi connectivity index (χ3n) is 3.19. The fourth-order valence-electron chi connectivity index (χ4n) is 2.04. The van der Waals surface area contributed by atoms with Crippen molar-refractivity contribution >= 4 is 11.8 Å². The molecule has 0 radical (unpaired) electrons. The second-order valence-electron chi connectivity index (χ2n) is 4.69. The molecule has 102 valence electrons. The third kappa shape index (κ3) is 4.58. The topological polar surface area (TPSA) is 29.5 Å². The van der Waals surface area contributed by atoms with Crippen LogP contribution in [0.2, 0.25) is 0 Å². The zero-order valence-corrected chi connectivity index (χ0v) is 12.1. The number of ether oxygens (including phenoxy) is 1. The molecular weight excluding hydrogens is 256 g/mol. The smallest absolute Gasteiger partial charge is 0.0666 e. The molecule has 0 spiro atoms. The Kier molecular flexibility index (Phi) is 5.78. The first-order chi connectivity index (χ1) is 9.29. The molecule has 1 aromatic rings. The van der Waals surface area contributed by atoms with Gasteiger partial charge in [0.05, 0.1) is 12.7 Å². The van der Waals surface area contributed by atoms with E-state index in [4.69, 9.17) is 9.84 Å². The number of thioether (sulfide) groups is 1. The van der Waals surface area contributed by atoms with Gasteiger partial charge in [0.2, 0.25) is 0 Å². The monoisotopic (exact) mass is 276 g/mol. The lowest BCUT2D eigenvalue weighted by Gasteiger charge is -2.13. The summed E-state index contributed by atoms with van der Waals surface area (Å²) < 4.78 is 5.57. The lowest BCUT2D eigenvalue weighted by atomic mass is 10.1. The predicted molar refractivity (Wildman–Crippen MR) is 80.1 cm³/mol. The van der Waals surface area contributed by atoms with Crippen LogP contribution in [0.3, 0.4) is 0 Å². The van der Waals surface area contributed by atoms with Crippen LogP contribution in [0.1, 0.15) is 30.9 Å². The normalized spacial score (nSPS) is 22.0. The number of aliphatic hydroxyl groups is 1. The number of benzene rings is 1. The van der Waals surface area contributed by atoms with E-state index >= 15 is 0 Å². The summed E-state index contributed by atoms with van der Waals surface area (Å²) in [6.07, 6.45) is 2.09. The van der Waals surface area contributed by atoms with Crippen LogP contribution in [0.15, 0.2) is 24.3 Å². The number of hydrogen-bond donors (Lipinski definition) is 1. The number of aliphatic hydroxyl groups excluding tert-OH is 1. The Labute approximate surface area is 119 Å². The van der Waals surface area contributed by atoms with Crippen molar-refractivity contribution in [3.8, 4) is 11.8 Å². The van der Waals surface area contributed by atoms with E-state index in [0.717, 1.165) is 24.3 Å². The van der Waals surface area contributed by atoms with Crippen LogP contribution in [0.25, 0.3) is 0 Å². The van der Waals surface area contributed by atoms with Gasteiger partial charge >= 0.3 is 0 Å². The molecule has 2 atom stereocenters. The summed E-state index contributed by atoms with van der Waals surface area (Å²) in [5.41, 5.74) is 2.34. The van der Waals surface area contributed by atoms with Crippen molar-refractivity contribution in [2.75, 3.05) is 13.2 Å². The van der Waals surface area contributed by atoms with Gasteiger partial charge in [-0.2, -0.15) is 11.8 Å². The van der Waals surface area contributed by atoms with Crippen LogP contribution in [0.4, 0.5) is 0 Å². The lowest BCUT2D eigenvalue weighted by molar-refractivity contribution is 0.127. The summed E-state index contributed by atoms with van der Waals surface area (Å²) in [6, 6.07) is 8.37. The molecule has 0 saturated carbocycles. The van der Waals surface area contributed by atoms with Gasteiger partial charge in [-0.1, -0.05) is 24.0 Å². The van der Waals surface area contributed by atoms with Crippen molar-refractivity contribution < 1.29 is 9.84 Å². The van der Waals surface area contributed by atoms with Crippen molar-refractivity contribution in [3.05, 3.63) is 35.4 Å². The van der Waals surface area contributed by atoms with E-state index in [1.54, 1.807) is 0 Å². The maximum Gasteiger partial charge on any atom is 0.0666 e. The van der Waals surface area contributed by atoms with Crippen LogP contribution >= 0.6 is 11.8 Å². The Morgan fingerprint density at radius 2 is 2.16 bits per heavy atom. The van der Waals surface area contributed by atoms with Gasteiger partial charge in [-0.3, -0.25) is 0 Å². The number of hydrogen-bond acceptors (Lipinski definition) is 3. The molecule has 3 heteroatoms. The highest BCUT2D eigenvalue weighted by Gasteiger charge is 2.24. The summed E-state index contributed by atoms with van der Waals surface area (Å²) in [5.74, 6) is 7.00. The van der Waals surface area contributed by atoms with Crippen LogP contribution < -0.4 is 0 Å². The van der Waals surface area contributed by atoms with Crippen LogP contribution in [0.5, 0.6) is 0 Å². The molecule has 2 unspecified atom stereocenters. The molecule has 0 aromatic heterocycles. The summed E-state index contributed by atoms with van der Waals surface area (Å²) in [6.45, 7) is 3.19. The maximum atomic E-state index is 8.67. The molecule has 1 aromatic carbocycles. The summed E-state index contributed by atoms with van der Waals surface area (Å²) in [5, 5.41) is 9.30. The first kappa shape index (κ1) is 14.5. The van der Waals surface area contributed by atoms with E-state index in [9.17, 15) is 0 Å². The Morgan fingerprint density at radius 1 is 1.37 bits per heavy atom. The van der Waals surface area contributed by atoms with Crippen molar-refractivity contribution in [1.82, 2.24) is 0 Å². The average Bonchev–Trinajstić information content (AvgIpc) is 2.84. The molecule has 0 bridgehead atoms. The molecule has 1 aliphatic heterocycles. The van der Waals surface area contributed by atoms with Gasteiger partial charge in [0.25, 0.3) is 0 Å². The van der Waals surface area contributed by atoms with E-state index in [1.165, 1.54) is 5.56 Å². The van der Waals surface area contributed by atoms with Crippen molar-refractivity contribution in [1.29, 1.82) is 0 Å². The third-order valence-corrected chi connectivity index (χ3v) is 4.74. The van der Waals surface area contributed by atoms with Crippen LogP contribution in [-0.2, 0) is 10.5 Å². The standard InChI is InChI=1S/C16H20O2S/c1-13-16(9-11-18-13)19-12-15-7-5-14(6-8-15)4-2-3-10-17/h5-8,13,16-17H,3,9-12H2,1H3. The fraction of sp³-hybridized carbons (Fsp3) is 0.500. The Hall–Kier alpha value is -0.950. The van der Waals surface area contributed by atoms with Gasteiger partial charge in [-0.25, -0.2) is 0 Å². The Morgan fingerprint density at radius 3 is 2.79 bits per heavy atom. The first-order valence-electron chi connectivity index (χ1n) is 6.71. The van der Waals surface area contributed by atoms with Gasteiger partial charge in [-0.15, -0.1) is 0 Å². The van der Waals surface area contributed by atoms with Gasteiger partial charge in [0.15, 0.2) is 0 Å². The molecule has 1 aliphatic rings. The molecule has 19 heavy (non-hydrogen) atoms. The minimum Gasteiger partial charge on any atom is -0.395 e. The maximum absolute atomic E-state index is 8.67. The zero-order chi connectivity index (χ0) is 13.5. The minimum absolute atomic E-state index is 0.128. The predicted octanol–water partition coefficient (Wildman–Crippen LogP) is 2.83. The molecular formula is C16H20O2S. The van der Waals surface area contributed by atoms with Crippen LogP contribution in [-0.4, -0.2) is 29.7 Å². The van der Waals surface area contributed by atoms with Gasteiger partial charge in [0, 0.05) is 29.6 Å². The van der Waals surface area contributed by atoms with E-state index in [-0.39, 0.29) is 6.61 Å². The molecule has 0 amide bonds. The molecule has 1 heterocycles. The largest absolute Gasteiger partial charge is 0.395 e. The summed E-state index contributed by atoms with van der Waals surface area (Å²) >= 11 is 1.98. The highest BCUT2D eigenvalue weighted by Crippen LogP contribution is 2.28. The fourth-order valence-corrected chi connectivity index (χ4v) is 3.25. The Balaban J connectivity index is 1.83. The van der Waals surface area contributed by atoms with Gasteiger partial charge < -0.3 is 9.84 Å². The highest BCUT2D eigenvalue weighted by atomic mass is 32.2. The molecule has 1 saturated heterocycles. The van der Waals surface area contributed by atoms with Crippen molar-refractivity contribution in [3.63, 3.8) is 0 Å². The molecule has 1 N–H and O–H groups in total. The van der Waals surface area contributed by atoms with E-state index in [0.29, 0.717) is 17.8 Å². The molecule has 2 rings (SSSR count). The lowest BCUT2D eigenvalue weighted by Crippen LogP contribution is -2.13. The first-order valence-corrected chi connectivity index (χ1v) is 7.76. The average molecular weight is 276 g/mol. The summed E-state index contributed by atoms with van der Waals surface area (Å²) in [4.78, 5) is 0. The van der Waals surface area contributed by atoms with Gasteiger partial charge in [0.1, 0.15) is 0 Å². The van der Waals surface area contributed by atoms with Gasteiger partial charge in [-0.05, 0) is 31.0 Å². The molecule has 1 fully saturated rings. The van der Waals surface area contributed by atoms with E-state index in [2.05, 4.69) is 43.0 Å². The highest BCUT2D eigenvalue weighted by molar-refractivity contribution is 7.99. The van der Waals surface area contributed by atoms with Crippen molar-refractivity contribution in [2.24, 2.45) is 0 Å². The summed E-state index contributed by atoms with van der Waals surface area (Å²) in [7, 11) is 0. The minimum atomic E-state index is 0.128.